The number of hydrogen-bond acceptors (Lipinski definition) is 3. The number of carboxylic acids is 2. The number of nitrogen functional groups attached to an aromatic ring is 1. The Hall–Kier alpha value is -1.56. The van der Waals surface area contributed by atoms with Gasteiger partial charge in [0.25, 0.3) is 0 Å². The van der Waals surface area contributed by atoms with E-state index in [1.807, 2.05) is 0 Å². The van der Waals surface area contributed by atoms with E-state index < -0.39 is 18.4 Å². The van der Waals surface area contributed by atoms with Crippen molar-refractivity contribution in [1.29, 1.82) is 0 Å². The maximum Gasteiger partial charge on any atom is 0.336 e. The van der Waals surface area contributed by atoms with Crippen LogP contribution in [0, 0.1) is 0 Å². The molecule has 0 bridgehead atoms. The number of aliphatic carboxylic acids is 1. The topological polar surface area (TPSA) is 101 Å². The Bertz CT molecular complexity index is 430. The Labute approximate surface area is 93.6 Å². The zero-order valence-electron chi connectivity index (χ0n) is 7.53. The number of anilines is 1. The van der Waals surface area contributed by atoms with E-state index in [1.165, 1.54) is 12.1 Å². The van der Waals surface area contributed by atoms with Gasteiger partial charge in [-0.25, -0.2) is 4.79 Å². The highest BCUT2D eigenvalue weighted by atomic mass is 79.9. The standard InChI is InChI=1S/C9H8BrNO4/c10-4-1-6(9(14)15)5(3-8(12)13)7(11)2-4/h1-2H,3,11H2,(H,12,13)(H,14,15). The van der Waals surface area contributed by atoms with Crippen LogP contribution in [0.3, 0.4) is 0 Å². The number of rotatable bonds is 3. The molecule has 15 heavy (non-hydrogen) atoms. The molecule has 0 aliphatic heterocycles. The van der Waals surface area contributed by atoms with E-state index in [0.717, 1.165) is 0 Å². The number of benzene rings is 1. The van der Waals surface area contributed by atoms with Gasteiger partial charge in [0.15, 0.2) is 0 Å². The molecule has 0 aliphatic rings. The van der Waals surface area contributed by atoms with E-state index in [0.29, 0.717) is 4.47 Å². The summed E-state index contributed by atoms with van der Waals surface area (Å²) in [4.78, 5) is 21.4. The molecule has 1 rings (SSSR count). The van der Waals surface area contributed by atoms with Crippen molar-refractivity contribution < 1.29 is 19.8 Å². The predicted octanol–water partition coefficient (Wildman–Crippen LogP) is 1.36. The predicted molar refractivity (Wildman–Crippen MR) is 56.9 cm³/mol. The lowest BCUT2D eigenvalue weighted by atomic mass is 10.0. The van der Waals surface area contributed by atoms with Crippen molar-refractivity contribution in [1.82, 2.24) is 0 Å². The quantitative estimate of drug-likeness (QED) is 0.722. The van der Waals surface area contributed by atoms with Crippen LogP contribution in [0.15, 0.2) is 16.6 Å². The van der Waals surface area contributed by atoms with E-state index >= 15 is 0 Å². The molecule has 5 nitrogen and oxygen atoms in total. The molecule has 0 amide bonds. The molecule has 0 unspecified atom stereocenters. The molecule has 0 radical (unpaired) electrons. The van der Waals surface area contributed by atoms with Crippen LogP contribution in [0.25, 0.3) is 0 Å². The van der Waals surface area contributed by atoms with Crippen LogP contribution in [-0.2, 0) is 11.2 Å². The SMILES string of the molecule is Nc1cc(Br)cc(C(=O)O)c1CC(=O)O. The van der Waals surface area contributed by atoms with Crippen LogP contribution in [0.4, 0.5) is 5.69 Å². The van der Waals surface area contributed by atoms with Crippen LogP contribution in [-0.4, -0.2) is 22.2 Å². The van der Waals surface area contributed by atoms with Crippen LogP contribution < -0.4 is 5.73 Å². The second-order valence-corrected chi connectivity index (χ2v) is 3.81. The molecule has 0 heterocycles. The Kier molecular flexibility index (Phi) is 3.31. The first-order valence-electron chi connectivity index (χ1n) is 3.94. The van der Waals surface area contributed by atoms with E-state index in [-0.39, 0.29) is 16.8 Å². The van der Waals surface area contributed by atoms with Gasteiger partial charge in [-0.15, -0.1) is 0 Å². The summed E-state index contributed by atoms with van der Waals surface area (Å²) in [5.41, 5.74) is 5.74. The molecule has 1 aromatic rings. The molecule has 0 spiro atoms. The Morgan fingerprint density at radius 1 is 1.33 bits per heavy atom. The largest absolute Gasteiger partial charge is 0.481 e. The van der Waals surface area contributed by atoms with Crippen LogP contribution >= 0.6 is 15.9 Å². The zero-order chi connectivity index (χ0) is 11.6. The van der Waals surface area contributed by atoms with Crippen molar-refractivity contribution in [3.05, 3.63) is 27.7 Å². The number of carbonyl (C=O) groups is 2. The van der Waals surface area contributed by atoms with Crippen molar-refractivity contribution in [3.63, 3.8) is 0 Å². The summed E-state index contributed by atoms with van der Waals surface area (Å²) in [5, 5.41) is 17.5. The summed E-state index contributed by atoms with van der Waals surface area (Å²) in [7, 11) is 0. The monoisotopic (exact) mass is 273 g/mol. The van der Waals surface area contributed by atoms with Crippen molar-refractivity contribution in [2.24, 2.45) is 0 Å². The average molecular weight is 274 g/mol. The average Bonchev–Trinajstić information content (AvgIpc) is 2.08. The third-order valence-electron chi connectivity index (χ3n) is 1.81. The highest BCUT2D eigenvalue weighted by molar-refractivity contribution is 9.10. The van der Waals surface area contributed by atoms with Crippen LogP contribution in [0.1, 0.15) is 15.9 Å². The first-order valence-corrected chi connectivity index (χ1v) is 4.74. The first-order chi connectivity index (χ1) is 6.91. The van der Waals surface area contributed by atoms with Gasteiger partial charge in [-0.2, -0.15) is 0 Å². The zero-order valence-corrected chi connectivity index (χ0v) is 9.11. The minimum atomic E-state index is -1.20. The minimum absolute atomic E-state index is 0.0933. The van der Waals surface area contributed by atoms with Gasteiger partial charge in [-0.1, -0.05) is 15.9 Å². The molecule has 0 aliphatic carbocycles. The second kappa shape index (κ2) is 4.31. The Morgan fingerprint density at radius 3 is 2.40 bits per heavy atom. The molecular formula is C9H8BrNO4. The van der Waals surface area contributed by atoms with Crippen molar-refractivity contribution in [2.45, 2.75) is 6.42 Å². The molecule has 80 valence electrons. The first kappa shape index (κ1) is 11.5. The van der Waals surface area contributed by atoms with E-state index in [2.05, 4.69) is 15.9 Å². The van der Waals surface area contributed by atoms with Gasteiger partial charge in [-0.05, 0) is 12.1 Å². The fourth-order valence-electron chi connectivity index (χ4n) is 1.20. The lowest BCUT2D eigenvalue weighted by Crippen LogP contribution is -2.10. The van der Waals surface area contributed by atoms with Gasteiger partial charge >= 0.3 is 11.9 Å². The van der Waals surface area contributed by atoms with E-state index in [1.54, 1.807) is 0 Å². The maximum atomic E-state index is 10.8. The molecule has 4 N–H and O–H groups in total. The second-order valence-electron chi connectivity index (χ2n) is 2.90. The van der Waals surface area contributed by atoms with Gasteiger partial charge < -0.3 is 15.9 Å². The maximum absolute atomic E-state index is 10.8. The smallest absolute Gasteiger partial charge is 0.336 e. The third kappa shape index (κ3) is 2.69. The number of halogens is 1. The van der Waals surface area contributed by atoms with Crippen LogP contribution in [0.2, 0.25) is 0 Å². The highest BCUT2D eigenvalue weighted by Crippen LogP contribution is 2.24. The fraction of sp³-hybridized carbons (Fsp3) is 0.111. The molecule has 6 heteroatoms. The van der Waals surface area contributed by atoms with Gasteiger partial charge in [0.2, 0.25) is 0 Å². The van der Waals surface area contributed by atoms with Gasteiger partial charge in [0.1, 0.15) is 0 Å². The minimum Gasteiger partial charge on any atom is -0.481 e. The van der Waals surface area contributed by atoms with Crippen molar-refractivity contribution in [2.75, 3.05) is 5.73 Å². The normalized spacial score (nSPS) is 9.93. The van der Waals surface area contributed by atoms with Crippen molar-refractivity contribution >= 4 is 33.6 Å². The number of nitrogens with two attached hydrogens (primary N) is 1. The van der Waals surface area contributed by atoms with Gasteiger partial charge in [0, 0.05) is 15.7 Å². The summed E-state index contributed by atoms with van der Waals surface area (Å²) in [6.07, 6.45) is -0.402. The molecule has 1 aromatic carbocycles. The Morgan fingerprint density at radius 2 is 1.93 bits per heavy atom. The summed E-state index contributed by atoms with van der Waals surface area (Å²) in [6, 6.07) is 2.81. The van der Waals surface area contributed by atoms with Crippen molar-refractivity contribution in [3.8, 4) is 0 Å². The summed E-state index contributed by atoms with van der Waals surface area (Å²) < 4.78 is 0.506. The number of aromatic carboxylic acids is 1. The summed E-state index contributed by atoms with van der Waals surface area (Å²) in [5.74, 6) is -2.31. The highest BCUT2D eigenvalue weighted by Gasteiger charge is 2.16. The molecule has 0 fully saturated rings. The van der Waals surface area contributed by atoms with Crippen LogP contribution in [0.5, 0.6) is 0 Å². The van der Waals surface area contributed by atoms with Gasteiger partial charge in [-0.3, -0.25) is 4.79 Å². The number of carboxylic acid groups (broad SMARTS) is 2. The van der Waals surface area contributed by atoms with E-state index in [4.69, 9.17) is 15.9 Å². The summed E-state index contributed by atoms with van der Waals surface area (Å²) in [6.45, 7) is 0. The van der Waals surface area contributed by atoms with Gasteiger partial charge in [0.05, 0.1) is 12.0 Å². The molecule has 0 saturated heterocycles. The van der Waals surface area contributed by atoms with E-state index in [9.17, 15) is 9.59 Å². The lowest BCUT2D eigenvalue weighted by Gasteiger charge is -2.08. The third-order valence-corrected chi connectivity index (χ3v) is 2.27. The molecule has 0 atom stereocenters. The Balaban J connectivity index is 3.33. The molecule has 0 saturated carbocycles. The fourth-order valence-corrected chi connectivity index (χ4v) is 1.67. The molecular weight excluding hydrogens is 266 g/mol. The number of hydrogen-bond donors (Lipinski definition) is 3. The molecule has 0 aromatic heterocycles. The lowest BCUT2D eigenvalue weighted by molar-refractivity contribution is -0.136. The summed E-state index contributed by atoms with van der Waals surface area (Å²) >= 11 is 3.09.